The molecule has 0 spiro atoms. The summed E-state index contributed by atoms with van der Waals surface area (Å²) in [6, 6.07) is 0. The quantitative estimate of drug-likeness (QED) is 0.315. The molecular formula is C17H34O. The van der Waals surface area contributed by atoms with E-state index in [-0.39, 0.29) is 0 Å². The van der Waals surface area contributed by atoms with Crippen molar-refractivity contribution in [1.82, 2.24) is 0 Å². The molecule has 0 aromatic heterocycles. The van der Waals surface area contributed by atoms with Gasteiger partial charge in [0.05, 0.1) is 0 Å². The van der Waals surface area contributed by atoms with Gasteiger partial charge in [-0.1, -0.05) is 76.9 Å². The summed E-state index contributed by atoms with van der Waals surface area (Å²) in [6.45, 7) is 2.61. The zero-order valence-electron chi connectivity index (χ0n) is 12.5. The molecule has 0 bridgehead atoms. The fourth-order valence-corrected chi connectivity index (χ4v) is 2.17. The first-order valence-electron chi connectivity index (χ1n) is 8.17. The molecule has 0 aromatic carbocycles. The molecule has 0 saturated carbocycles. The van der Waals surface area contributed by atoms with Gasteiger partial charge in [-0.05, 0) is 25.7 Å². The molecule has 1 N–H and O–H groups in total. The molecule has 0 saturated heterocycles. The number of aliphatic hydroxyl groups is 1. The third-order valence-electron chi connectivity index (χ3n) is 3.42. The van der Waals surface area contributed by atoms with Gasteiger partial charge >= 0.3 is 0 Å². The second kappa shape index (κ2) is 16.7. The zero-order chi connectivity index (χ0) is 13.3. The Hall–Kier alpha value is -0.300. The number of aliphatic hydroxyl groups excluding tert-OH is 1. The van der Waals surface area contributed by atoms with Crippen LogP contribution in [0, 0.1) is 0 Å². The van der Waals surface area contributed by atoms with E-state index in [0.29, 0.717) is 6.61 Å². The van der Waals surface area contributed by atoms with Crippen molar-refractivity contribution in [3.8, 4) is 0 Å². The standard InChI is InChI=1S/C17H34O/c1-2-3-4-5-6-7-8-9-10-11-12-13-14-15-16-17-18/h5-6,18H,2-4,7-17H2,1H3/b6-5+. The van der Waals surface area contributed by atoms with E-state index >= 15 is 0 Å². The first kappa shape index (κ1) is 17.7. The summed E-state index contributed by atoms with van der Waals surface area (Å²) in [5.74, 6) is 0. The molecular weight excluding hydrogens is 220 g/mol. The molecule has 0 aromatic rings. The highest BCUT2D eigenvalue weighted by Gasteiger charge is 1.91. The van der Waals surface area contributed by atoms with Gasteiger partial charge in [0.25, 0.3) is 0 Å². The smallest absolute Gasteiger partial charge is 0.0431 e. The molecule has 0 aliphatic carbocycles. The lowest BCUT2D eigenvalue weighted by atomic mass is 10.1. The predicted molar refractivity (Wildman–Crippen MR) is 81.9 cm³/mol. The molecule has 0 fully saturated rings. The Kier molecular flexibility index (Phi) is 16.4. The highest BCUT2D eigenvalue weighted by Crippen LogP contribution is 2.10. The van der Waals surface area contributed by atoms with Gasteiger partial charge in [-0.3, -0.25) is 0 Å². The summed E-state index contributed by atoms with van der Waals surface area (Å²) in [5.41, 5.74) is 0. The number of rotatable bonds is 14. The summed E-state index contributed by atoms with van der Waals surface area (Å²) in [4.78, 5) is 0. The van der Waals surface area contributed by atoms with Crippen molar-refractivity contribution in [1.29, 1.82) is 0 Å². The summed E-state index contributed by atoms with van der Waals surface area (Å²) in [5, 5.41) is 8.65. The topological polar surface area (TPSA) is 20.2 Å². The van der Waals surface area contributed by atoms with Crippen LogP contribution in [0.15, 0.2) is 12.2 Å². The van der Waals surface area contributed by atoms with Gasteiger partial charge in [0.1, 0.15) is 0 Å². The summed E-state index contributed by atoms with van der Waals surface area (Å²) < 4.78 is 0. The van der Waals surface area contributed by atoms with Crippen LogP contribution < -0.4 is 0 Å². The average molecular weight is 254 g/mol. The Bertz CT molecular complexity index is 163. The fraction of sp³-hybridized carbons (Fsp3) is 0.882. The Balaban J connectivity index is 2.96. The molecule has 18 heavy (non-hydrogen) atoms. The maximum atomic E-state index is 8.65. The van der Waals surface area contributed by atoms with E-state index in [4.69, 9.17) is 5.11 Å². The summed E-state index contributed by atoms with van der Waals surface area (Å²) in [7, 11) is 0. The highest BCUT2D eigenvalue weighted by atomic mass is 16.2. The monoisotopic (exact) mass is 254 g/mol. The molecule has 0 aliphatic rings. The Labute approximate surface area is 115 Å². The van der Waals surface area contributed by atoms with Crippen LogP contribution in [0.4, 0.5) is 0 Å². The normalized spacial score (nSPS) is 11.4. The number of hydrogen-bond donors (Lipinski definition) is 1. The molecule has 1 heteroatoms. The lowest BCUT2D eigenvalue weighted by Gasteiger charge is -2.01. The minimum Gasteiger partial charge on any atom is -0.396 e. The van der Waals surface area contributed by atoms with Gasteiger partial charge in [-0.15, -0.1) is 0 Å². The van der Waals surface area contributed by atoms with E-state index in [1.54, 1.807) is 0 Å². The van der Waals surface area contributed by atoms with Crippen molar-refractivity contribution in [2.75, 3.05) is 6.61 Å². The Morgan fingerprint density at radius 2 is 1.06 bits per heavy atom. The van der Waals surface area contributed by atoms with Gasteiger partial charge in [0.15, 0.2) is 0 Å². The second-order valence-corrected chi connectivity index (χ2v) is 5.31. The fourth-order valence-electron chi connectivity index (χ4n) is 2.17. The molecule has 0 heterocycles. The van der Waals surface area contributed by atoms with Gasteiger partial charge in [0, 0.05) is 6.61 Å². The van der Waals surface area contributed by atoms with Crippen LogP contribution in [0.1, 0.15) is 90.4 Å². The maximum Gasteiger partial charge on any atom is 0.0431 e. The molecule has 0 unspecified atom stereocenters. The van der Waals surface area contributed by atoms with Crippen LogP contribution in [0.3, 0.4) is 0 Å². The molecule has 0 aliphatic heterocycles. The number of hydrogen-bond acceptors (Lipinski definition) is 1. The Morgan fingerprint density at radius 3 is 1.56 bits per heavy atom. The number of unbranched alkanes of at least 4 members (excludes halogenated alkanes) is 11. The number of allylic oxidation sites excluding steroid dienone is 2. The minimum absolute atomic E-state index is 0.367. The maximum absolute atomic E-state index is 8.65. The summed E-state index contributed by atoms with van der Waals surface area (Å²) >= 11 is 0. The SMILES string of the molecule is CCCC/C=C/CCCCCCCCCCCO. The van der Waals surface area contributed by atoms with E-state index in [1.165, 1.54) is 77.0 Å². The van der Waals surface area contributed by atoms with Gasteiger partial charge < -0.3 is 5.11 Å². The van der Waals surface area contributed by atoms with E-state index in [1.807, 2.05) is 0 Å². The van der Waals surface area contributed by atoms with Crippen LogP contribution in [0.2, 0.25) is 0 Å². The molecule has 1 nitrogen and oxygen atoms in total. The van der Waals surface area contributed by atoms with Crippen LogP contribution in [0.5, 0.6) is 0 Å². The van der Waals surface area contributed by atoms with Crippen molar-refractivity contribution >= 4 is 0 Å². The van der Waals surface area contributed by atoms with E-state index in [0.717, 1.165) is 6.42 Å². The molecule has 0 radical (unpaired) electrons. The van der Waals surface area contributed by atoms with Crippen molar-refractivity contribution in [2.24, 2.45) is 0 Å². The van der Waals surface area contributed by atoms with Gasteiger partial charge in [0.2, 0.25) is 0 Å². The van der Waals surface area contributed by atoms with Crippen LogP contribution in [-0.4, -0.2) is 11.7 Å². The van der Waals surface area contributed by atoms with E-state index in [2.05, 4.69) is 19.1 Å². The zero-order valence-corrected chi connectivity index (χ0v) is 12.5. The molecule has 0 amide bonds. The van der Waals surface area contributed by atoms with Gasteiger partial charge in [-0.25, -0.2) is 0 Å². The first-order valence-corrected chi connectivity index (χ1v) is 8.17. The van der Waals surface area contributed by atoms with Crippen molar-refractivity contribution < 1.29 is 5.11 Å². The third-order valence-corrected chi connectivity index (χ3v) is 3.42. The van der Waals surface area contributed by atoms with Crippen molar-refractivity contribution in [2.45, 2.75) is 90.4 Å². The lowest BCUT2D eigenvalue weighted by Crippen LogP contribution is -1.84. The first-order chi connectivity index (χ1) is 8.91. The predicted octanol–water partition coefficient (Wildman–Crippen LogP) is 5.63. The largest absolute Gasteiger partial charge is 0.396 e. The van der Waals surface area contributed by atoms with E-state index in [9.17, 15) is 0 Å². The van der Waals surface area contributed by atoms with Gasteiger partial charge in [-0.2, -0.15) is 0 Å². The molecule has 0 rings (SSSR count). The minimum atomic E-state index is 0.367. The average Bonchev–Trinajstić information content (AvgIpc) is 2.39. The molecule has 0 atom stereocenters. The van der Waals surface area contributed by atoms with Crippen molar-refractivity contribution in [3.05, 3.63) is 12.2 Å². The van der Waals surface area contributed by atoms with Crippen LogP contribution >= 0.6 is 0 Å². The van der Waals surface area contributed by atoms with E-state index < -0.39 is 0 Å². The summed E-state index contributed by atoms with van der Waals surface area (Å²) in [6.07, 6.45) is 21.7. The second-order valence-electron chi connectivity index (χ2n) is 5.31. The molecule has 108 valence electrons. The third kappa shape index (κ3) is 15.7. The van der Waals surface area contributed by atoms with Crippen molar-refractivity contribution in [3.63, 3.8) is 0 Å². The van der Waals surface area contributed by atoms with Crippen LogP contribution in [0.25, 0.3) is 0 Å². The Morgan fingerprint density at radius 1 is 0.611 bits per heavy atom. The lowest BCUT2D eigenvalue weighted by molar-refractivity contribution is 0.282. The highest BCUT2D eigenvalue weighted by molar-refractivity contribution is 4.81. The van der Waals surface area contributed by atoms with Crippen LogP contribution in [-0.2, 0) is 0 Å².